The Labute approximate surface area is 180 Å². The highest BCUT2D eigenvalue weighted by atomic mass is 16.5. The highest BCUT2D eigenvalue weighted by Crippen LogP contribution is 2.31. The first-order valence-corrected chi connectivity index (χ1v) is 10.2. The van der Waals surface area contributed by atoms with E-state index in [0.717, 1.165) is 41.4 Å². The van der Waals surface area contributed by atoms with Crippen molar-refractivity contribution < 1.29 is 23.8 Å². The molecule has 0 saturated carbocycles. The van der Waals surface area contributed by atoms with Gasteiger partial charge < -0.3 is 19.5 Å². The van der Waals surface area contributed by atoms with Crippen LogP contribution in [0.15, 0.2) is 42.5 Å². The number of benzene rings is 2. The number of carbonyl (C=O) groups is 2. The fourth-order valence-corrected chi connectivity index (χ4v) is 3.87. The number of para-hydroxylation sites is 1. The Bertz CT molecular complexity index is 1160. The third kappa shape index (κ3) is 4.03. The first-order chi connectivity index (χ1) is 15.0. The fraction of sp³-hybridized carbons (Fsp3) is 0.292. The summed E-state index contributed by atoms with van der Waals surface area (Å²) in [5, 5.41) is 3.50. The van der Waals surface area contributed by atoms with E-state index in [1.54, 1.807) is 25.1 Å². The number of rotatable bonds is 6. The van der Waals surface area contributed by atoms with Gasteiger partial charge in [-0.15, -0.1) is 0 Å². The largest absolute Gasteiger partial charge is 0.493 e. The number of methoxy groups -OCH3 is 2. The molecule has 1 amide bonds. The molecular weight excluding hydrogens is 396 g/mol. The summed E-state index contributed by atoms with van der Waals surface area (Å²) in [6, 6.07) is 12.5. The van der Waals surface area contributed by atoms with Crippen molar-refractivity contribution in [3.05, 3.63) is 59.3 Å². The van der Waals surface area contributed by atoms with Crippen molar-refractivity contribution >= 4 is 28.5 Å². The van der Waals surface area contributed by atoms with Crippen LogP contribution in [-0.2, 0) is 22.4 Å². The molecule has 1 unspecified atom stereocenters. The van der Waals surface area contributed by atoms with E-state index >= 15 is 0 Å². The molecule has 160 valence electrons. The number of fused-ring (bicyclic) bond motifs is 2. The van der Waals surface area contributed by atoms with Gasteiger partial charge in [-0.25, -0.2) is 4.79 Å². The number of hydrogen-bond donors (Lipinski definition) is 1. The van der Waals surface area contributed by atoms with E-state index in [-0.39, 0.29) is 0 Å². The SMILES string of the molecule is COc1ccc(NC(=O)C(C)OC(=O)c2c3c(nc4ccccc24)CCC3)cc1OC. The van der Waals surface area contributed by atoms with Gasteiger partial charge in [-0.1, -0.05) is 18.2 Å². The molecular formula is C24H24N2O5. The lowest BCUT2D eigenvalue weighted by Crippen LogP contribution is -2.30. The van der Waals surface area contributed by atoms with E-state index < -0.39 is 18.0 Å². The van der Waals surface area contributed by atoms with Gasteiger partial charge in [-0.3, -0.25) is 9.78 Å². The molecule has 1 aliphatic carbocycles. The molecule has 1 aromatic heterocycles. The second-order valence-electron chi connectivity index (χ2n) is 7.39. The topological polar surface area (TPSA) is 86.8 Å². The number of nitrogens with one attached hydrogen (secondary N) is 1. The maximum atomic E-state index is 13.1. The summed E-state index contributed by atoms with van der Waals surface area (Å²) in [6.45, 7) is 1.55. The average molecular weight is 420 g/mol. The molecule has 1 N–H and O–H groups in total. The Morgan fingerprint density at radius 3 is 2.58 bits per heavy atom. The van der Waals surface area contributed by atoms with Crippen LogP contribution in [0.1, 0.15) is 35.0 Å². The highest BCUT2D eigenvalue weighted by molar-refractivity contribution is 6.06. The summed E-state index contributed by atoms with van der Waals surface area (Å²) >= 11 is 0. The van der Waals surface area contributed by atoms with Crippen LogP contribution in [0, 0.1) is 0 Å². The normalized spacial score (nSPS) is 13.4. The fourth-order valence-electron chi connectivity index (χ4n) is 3.87. The Balaban J connectivity index is 1.54. The van der Waals surface area contributed by atoms with Gasteiger partial charge >= 0.3 is 5.97 Å². The molecule has 1 aliphatic rings. The van der Waals surface area contributed by atoms with Gasteiger partial charge in [0.1, 0.15) is 0 Å². The Hall–Kier alpha value is -3.61. The maximum absolute atomic E-state index is 13.1. The molecule has 2 aromatic carbocycles. The highest BCUT2D eigenvalue weighted by Gasteiger charge is 2.27. The third-order valence-corrected chi connectivity index (χ3v) is 5.43. The Morgan fingerprint density at radius 1 is 1.03 bits per heavy atom. The lowest BCUT2D eigenvalue weighted by Gasteiger charge is -2.17. The summed E-state index contributed by atoms with van der Waals surface area (Å²) in [4.78, 5) is 30.5. The number of aromatic nitrogens is 1. The lowest BCUT2D eigenvalue weighted by atomic mass is 10.0. The van der Waals surface area contributed by atoms with Gasteiger partial charge in [0.25, 0.3) is 5.91 Å². The zero-order chi connectivity index (χ0) is 22.0. The minimum Gasteiger partial charge on any atom is -0.493 e. The third-order valence-electron chi connectivity index (χ3n) is 5.43. The van der Waals surface area contributed by atoms with Crippen LogP contribution in [0.5, 0.6) is 11.5 Å². The van der Waals surface area contributed by atoms with Crippen molar-refractivity contribution in [2.24, 2.45) is 0 Å². The predicted octanol–water partition coefficient (Wildman–Crippen LogP) is 3.92. The second kappa shape index (κ2) is 8.63. The van der Waals surface area contributed by atoms with Crippen LogP contribution in [-0.4, -0.2) is 37.2 Å². The van der Waals surface area contributed by atoms with Crippen LogP contribution in [0.3, 0.4) is 0 Å². The van der Waals surface area contributed by atoms with Crippen molar-refractivity contribution in [2.45, 2.75) is 32.3 Å². The number of aryl methyl sites for hydroxylation is 1. The lowest BCUT2D eigenvalue weighted by molar-refractivity contribution is -0.123. The van der Waals surface area contributed by atoms with Crippen LogP contribution < -0.4 is 14.8 Å². The van der Waals surface area contributed by atoms with E-state index in [1.807, 2.05) is 24.3 Å². The first kappa shape index (κ1) is 20.7. The molecule has 4 rings (SSSR count). The minimum absolute atomic E-state index is 0.435. The molecule has 1 atom stereocenters. The van der Waals surface area contributed by atoms with Crippen molar-refractivity contribution in [3.63, 3.8) is 0 Å². The summed E-state index contributed by atoms with van der Waals surface area (Å²) in [5.74, 6) is 0.101. The van der Waals surface area contributed by atoms with E-state index in [0.29, 0.717) is 22.7 Å². The number of anilines is 1. The van der Waals surface area contributed by atoms with Crippen LogP contribution in [0.4, 0.5) is 5.69 Å². The average Bonchev–Trinajstić information content (AvgIpc) is 3.24. The standard InChI is InChI=1S/C24H24N2O5/c1-14(23(27)25-15-11-12-20(29-2)21(13-15)30-3)31-24(28)22-16-7-4-5-9-18(16)26-19-10-6-8-17(19)22/h4-5,7,9,11-14H,6,8,10H2,1-3H3,(H,25,27). The number of esters is 1. The van der Waals surface area contributed by atoms with Crippen molar-refractivity contribution in [2.75, 3.05) is 19.5 Å². The summed E-state index contributed by atoms with van der Waals surface area (Å²) in [6.07, 6.45) is 1.60. The van der Waals surface area contributed by atoms with Crippen molar-refractivity contribution in [1.82, 2.24) is 4.98 Å². The number of carbonyl (C=O) groups excluding carboxylic acids is 2. The smallest absolute Gasteiger partial charge is 0.339 e. The van der Waals surface area contributed by atoms with Crippen molar-refractivity contribution in [1.29, 1.82) is 0 Å². The number of pyridine rings is 1. The second-order valence-corrected chi connectivity index (χ2v) is 7.39. The molecule has 3 aromatic rings. The van der Waals surface area contributed by atoms with E-state index in [1.165, 1.54) is 14.2 Å². The summed E-state index contributed by atoms with van der Waals surface area (Å²) in [7, 11) is 3.06. The van der Waals surface area contributed by atoms with Crippen LogP contribution in [0.25, 0.3) is 10.9 Å². The number of amides is 1. The van der Waals surface area contributed by atoms with Gasteiger partial charge in [0.15, 0.2) is 17.6 Å². The molecule has 7 nitrogen and oxygen atoms in total. The van der Waals surface area contributed by atoms with Gasteiger partial charge in [0, 0.05) is 22.8 Å². The molecule has 0 radical (unpaired) electrons. The van der Waals surface area contributed by atoms with E-state index in [2.05, 4.69) is 5.32 Å². The zero-order valence-electron chi connectivity index (χ0n) is 17.7. The molecule has 0 saturated heterocycles. The van der Waals surface area contributed by atoms with Crippen LogP contribution in [0.2, 0.25) is 0 Å². The molecule has 0 aliphatic heterocycles. The quantitative estimate of drug-likeness (QED) is 0.608. The van der Waals surface area contributed by atoms with Gasteiger partial charge in [0.2, 0.25) is 0 Å². The van der Waals surface area contributed by atoms with Crippen molar-refractivity contribution in [3.8, 4) is 11.5 Å². The minimum atomic E-state index is -0.982. The van der Waals surface area contributed by atoms with E-state index in [9.17, 15) is 9.59 Å². The van der Waals surface area contributed by atoms with Gasteiger partial charge in [-0.05, 0) is 49.9 Å². The van der Waals surface area contributed by atoms with Gasteiger partial charge in [-0.2, -0.15) is 0 Å². The predicted molar refractivity (Wildman–Crippen MR) is 117 cm³/mol. The summed E-state index contributed by atoms with van der Waals surface area (Å²) < 4.78 is 16.0. The molecule has 1 heterocycles. The molecule has 0 fully saturated rings. The maximum Gasteiger partial charge on any atom is 0.339 e. The van der Waals surface area contributed by atoms with E-state index in [4.69, 9.17) is 19.2 Å². The number of ether oxygens (including phenoxy) is 3. The van der Waals surface area contributed by atoms with Crippen LogP contribution >= 0.6 is 0 Å². The number of hydrogen-bond acceptors (Lipinski definition) is 6. The Kier molecular flexibility index (Phi) is 5.75. The first-order valence-electron chi connectivity index (χ1n) is 10.2. The molecule has 7 heteroatoms. The zero-order valence-corrected chi connectivity index (χ0v) is 17.7. The molecule has 0 bridgehead atoms. The van der Waals surface area contributed by atoms with Gasteiger partial charge in [0.05, 0.1) is 25.3 Å². The molecule has 0 spiro atoms. The number of nitrogens with zero attached hydrogens (tertiary/aromatic N) is 1. The Morgan fingerprint density at radius 2 is 1.81 bits per heavy atom. The monoisotopic (exact) mass is 420 g/mol. The summed E-state index contributed by atoms with van der Waals surface area (Å²) in [5.41, 5.74) is 3.66. The molecule has 31 heavy (non-hydrogen) atoms.